The van der Waals surface area contributed by atoms with Gasteiger partial charge in [-0.05, 0) is 26.9 Å². The van der Waals surface area contributed by atoms with E-state index in [0.717, 1.165) is 5.92 Å². The first-order valence-corrected chi connectivity index (χ1v) is 3.96. The van der Waals surface area contributed by atoms with Gasteiger partial charge in [-0.25, -0.2) is 0 Å². The average molecular weight is 142 g/mol. The maximum Gasteiger partial charge on any atom is 0.0315 e. The molecular weight excluding hydrogens is 124 g/mol. The molecule has 1 aliphatic heterocycles. The molecule has 0 aromatic heterocycles. The number of likely N-dealkylation sites (tertiary alicyclic amines) is 1. The predicted octanol–water partition coefficient (Wildman–Crippen LogP) is 0.546. The van der Waals surface area contributed by atoms with Crippen molar-refractivity contribution in [3.63, 3.8) is 0 Å². The molecule has 0 aliphatic carbocycles. The number of rotatable bonds is 1. The summed E-state index contributed by atoms with van der Waals surface area (Å²) in [5.41, 5.74) is 0.342. The fourth-order valence-corrected chi connectivity index (χ4v) is 1.78. The highest BCUT2D eigenvalue weighted by molar-refractivity contribution is 4.96. The zero-order valence-electron chi connectivity index (χ0n) is 7.44. The molecule has 1 saturated heterocycles. The summed E-state index contributed by atoms with van der Waals surface area (Å²) in [6, 6.07) is 0. The van der Waals surface area contributed by atoms with E-state index in [0.29, 0.717) is 5.54 Å². The Hall–Kier alpha value is -0.0800. The van der Waals surface area contributed by atoms with Crippen LogP contribution in [0.3, 0.4) is 0 Å². The van der Waals surface area contributed by atoms with Crippen molar-refractivity contribution in [1.29, 1.82) is 0 Å². The standard InChI is InChI=1S/C8H18N2/c1-7-5-10(4)6-8(7,2)9-3/h7,9H,5-6H2,1-4H3. The molecule has 2 unspecified atom stereocenters. The van der Waals surface area contributed by atoms with Crippen LogP contribution in [0.1, 0.15) is 13.8 Å². The molecule has 2 heteroatoms. The van der Waals surface area contributed by atoms with Gasteiger partial charge in [-0.1, -0.05) is 6.92 Å². The lowest BCUT2D eigenvalue weighted by molar-refractivity contribution is 0.322. The molecule has 0 bridgehead atoms. The molecule has 1 N–H and O–H groups in total. The third-order valence-corrected chi connectivity index (χ3v) is 2.84. The van der Waals surface area contributed by atoms with Crippen LogP contribution in [-0.2, 0) is 0 Å². The van der Waals surface area contributed by atoms with Crippen molar-refractivity contribution < 1.29 is 0 Å². The predicted molar refractivity (Wildman–Crippen MR) is 44.1 cm³/mol. The van der Waals surface area contributed by atoms with Crippen molar-refractivity contribution in [2.75, 3.05) is 27.2 Å². The molecule has 1 rings (SSSR count). The second-order valence-corrected chi connectivity index (χ2v) is 3.77. The van der Waals surface area contributed by atoms with Crippen molar-refractivity contribution in [3.05, 3.63) is 0 Å². The van der Waals surface area contributed by atoms with Gasteiger partial charge >= 0.3 is 0 Å². The molecule has 0 spiro atoms. The van der Waals surface area contributed by atoms with Gasteiger partial charge in [0.05, 0.1) is 0 Å². The van der Waals surface area contributed by atoms with Gasteiger partial charge in [0.25, 0.3) is 0 Å². The van der Waals surface area contributed by atoms with Gasteiger partial charge in [-0.2, -0.15) is 0 Å². The van der Waals surface area contributed by atoms with Crippen molar-refractivity contribution in [3.8, 4) is 0 Å². The Bertz CT molecular complexity index is 124. The smallest absolute Gasteiger partial charge is 0.0315 e. The van der Waals surface area contributed by atoms with Crippen molar-refractivity contribution >= 4 is 0 Å². The average Bonchev–Trinajstić information content (AvgIpc) is 2.09. The van der Waals surface area contributed by atoms with Gasteiger partial charge in [0, 0.05) is 18.6 Å². The van der Waals surface area contributed by atoms with Crippen LogP contribution in [0.25, 0.3) is 0 Å². The minimum absolute atomic E-state index is 0.342. The molecule has 1 fully saturated rings. The highest BCUT2D eigenvalue weighted by Crippen LogP contribution is 2.24. The fraction of sp³-hybridized carbons (Fsp3) is 1.00. The highest BCUT2D eigenvalue weighted by atomic mass is 15.2. The Labute approximate surface area is 63.6 Å². The number of likely N-dealkylation sites (N-methyl/N-ethyl adjacent to an activating group) is 2. The summed E-state index contributed by atoms with van der Waals surface area (Å²) < 4.78 is 0. The zero-order chi connectivity index (χ0) is 7.78. The van der Waals surface area contributed by atoms with E-state index in [9.17, 15) is 0 Å². The van der Waals surface area contributed by atoms with Crippen LogP contribution in [0.2, 0.25) is 0 Å². The Morgan fingerprint density at radius 3 is 2.40 bits per heavy atom. The van der Waals surface area contributed by atoms with Crippen molar-refractivity contribution in [2.45, 2.75) is 19.4 Å². The summed E-state index contributed by atoms with van der Waals surface area (Å²) in [5, 5.41) is 3.38. The molecule has 0 radical (unpaired) electrons. The van der Waals surface area contributed by atoms with E-state index in [1.165, 1.54) is 13.1 Å². The summed E-state index contributed by atoms with van der Waals surface area (Å²) in [7, 11) is 4.23. The maximum absolute atomic E-state index is 3.38. The van der Waals surface area contributed by atoms with E-state index in [4.69, 9.17) is 0 Å². The fourth-order valence-electron chi connectivity index (χ4n) is 1.78. The Kier molecular flexibility index (Phi) is 2.02. The maximum atomic E-state index is 3.38. The van der Waals surface area contributed by atoms with Crippen LogP contribution in [0, 0.1) is 5.92 Å². The molecule has 60 valence electrons. The molecule has 0 amide bonds. The van der Waals surface area contributed by atoms with Gasteiger partial charge in [0.1, 0.15) is 0 Å². The Balaban J connectivity index is 2.61. The summed E-state index contributed by atoms with van der Waals surface area (Å²) in [5.74, 6) is 0.766. The van der Waals surface area contributed by atoms with Gasteiger partial charge in [0.2, 0.25) is 0 Å². The van der Waals surface area contributed by atoms with Crippen LogP contribution in [0.4, 0.5) is 0 Å². The van der Waals surface area contributed by atoms with Crippen molar-refractivity contribution in [2.24, 2.45) is 5.92 Å². The van der Waals surface area contributed by atoms with Gasteiger partial charge in [-0.15, -0.1) is 0 Å². The highest BCUT2D eigenvalue weighted by Gasteiger charge is 2.36. The van der Waals surface area contributed by atoms with E-state index in [-0.39, 0.29) is 0 Å². The lowest BCUT2D eigenvalue weighted by atomic mass is 9.91. The SMILES string of the molecule is CNC1(C)CN(C)CC1C. The quantitative estimate of drug-likeness (QED) is 0.575. The summed E-state index contributed by atoms with van der Waals surface area (Å²) in [6.45, 7) is 6.99. The molecule has 0 saturated carbocycles. The van der Waals surface area contributed by atoms with Gasteiger partial charge < -0.3 is 10.2 Å². The second kappa shape index (κ2) is 2.51. The normalized spacial score (nSPS) is 42.6. The molecular formula is C8H18N2. The number of nitrogens with one attached hydrogen (secondary N) is 1. The molecule has 1 heterocycles. The number of hydrogen-bond donors (Lipinski definition) is 1. The Morgan fingerprint density at radius 1 is 1.60 bits per heavy atom. The summed E-state index contributed by atoms with van der Waals surface area (Å²) in [6.07, 6.45) is 0. The monoisotopic (exact) mass is 142 g/mol. The molecule has 0 aromatic carbocycles. The van der Waals surface area contributed by atoms with Crippen LogP contribution < -0.4 is 5.32 Å². The van der Waals surface area contributed by atoms with Crippen LogP contribution in [0.15, 0.2) is 0 Å². The third kappa shape index (κ3) is 1.18. The van der Waals surface area contributed by atoms with Crippen LogP contribution >= 0.6 is 0 Å². The van der Waals surface area contributed by atoms with E-state index < -0.39 is 0 Å². The molecule has 2 nitrogen and oxygen atoms in total. The van der Waals surface area contributed by atoms with Gasteiger partial charge in [-0.3, -0.25) is 0 Å². The largest absolute Gasteiger partial charge is 0.313 e. The zero-order valence-corrected chi connectivity index (χ0v) is 7.44. The minimum atomic E-state index is 0.342. The first-order chi connectivity index (χ1) is 4.58. The third-order valence-electron chi connectivity index (χ3n) is 2.84. The van der Waals surface area contributed by atoms with Crippen LogP contribution in [-0.4, -0.2) is 37.6 Å². The minimum Gasteiger partial charge on any atom is -0.313 e. The summed E-state index contributed by atoms with van der Waals surface area (Å²) in [4.78, 5) is 2.38. The van der Waals surface area contributed by atoms with E-state index in [1.54, 1.807) is 0 Å². The van der Waals surface area contributed by atoms with Crippen molar-refractivity contribution in [1.82, 2.24) is 10.2 Å². The lowest BCUT2D eigenvalue weighted by Crippen LogP contribution is -2.46. The lowest BCUT2D eigenvalue weighted by Gasteiger charge is -2.27. The summed E-state index contributed by atoms with van der Waals surface area (Å²) >= 11 is 0. The molecule has 1 aliphatic rings. The van der Waals surface area contributed by atoms with Gasteiger partial charge in [0.15, 0.2) is 0 Å². The topological polar surface area (TPSA) is 15.3 Å². The van der Waals surface area contributed by atoms with Crippen LogP contribution in [0.5, 0.6) is 0 Å². The molecule has 10 heavy (non-hydrogen) atoms. The second-order valence-electron chi connectivity index (χ2n) is 3.77. The number of nitrogens with zero attached hydrogens (tertiary/aromatic N) is 1. The van der Waals surface area contributed by atoms with E-state index in [1.807, 2.05) is 0 Å². The number of hydrogen-bond acceptors (Lipinski definition) is 2. The molecule has 2 atom stereocenters. The molecule has 0 aromatic rings. The van der Waals surface area contributed by atoms with E-state index >= 15 is 0 Å². The first kappa shape index (κ1) is 8.02. The Morgan fingerprint density at radius 2 is 2.20 bits per heavy atom. The van der Waals surface area contributed by atoms with E-state index in [2.05, 4.69) is 38.2 Å². The first-order valence-electron chi connectivity index (χ1n) is 3.96.